The van der Waals surface area contributed by atoms with E-state index in [2.05, 4.69) is 95.7 Å². The van der Waals surface area contributed by atoms with Crippen molar-refractivity contribution in [2.24, 2.45) is 0 Å². The van der Waals surface area contributed by atoms with Gasteiger partial charge < -0.3 is 9.84 Å². The first-order valence-corrected chi connectivity index (χ1v) is 8.66. The standard InChI is InChI=1S/C19H16.C4H8O3/c1-4-10-16(11-5-1)19(17-12-6-2-7-13-17)18-14-8-3-9-15-18;1-2-7-3-4(5)6/h1-15,19H;2-3H2,1H3,(H,5,6). The SMILES string of the molecule is CCOCC(=O)O.c1ccc(C(c2ccccc2)c2ccccc2)cc1. The molecule has 3 aromatic carbocycles. The lowest BCUT2D eigenvalue weighted by molar-refractivity contribution is -0.142. The molecule has 0 bridgehead atoms. The monoisotopic (exact) mass is 348 g/mol. The van der Waals surface area contributed by atoms with Crippen LogP contribution >= 0.6 is 0 Å². The molecular formula is C23H24O3. The van der Waals surface area contributed by atoms with E-state index >= 15 is 0 Å². The highest BCUT2D eigenvalue weighted by atomic mass is 16.5. The van der Waals surface area contributed by atoms with E-state index in [1.807, 2.05) is 0 Å². The molecule has 0 atom stereocenters. The highest BCUT2D eigenvalue weighted by Crippen LogP contribution is 2.31. The quantitative estimate of drug-likeness (QED) is 0.640. The summed E-state index contributed by atoms with van der Waals surface area (Å²) in [5.74, 6) is -0.606. The number of carbonyl (C=O) groups is 1. The molecule has 26 heavy (non-hydrogen) atoms. The number of hydrogen-bond donors (Lipinski definition) is 1. The van der Waals surface area contributed by atoms with Gasteiger partial charge in [-0.1, -0.05) is 91.0 Å². The highest BCUT2D eigenvalue weighted by Gasteiger charge is 2.15. The molecule has 134 valence electrons. The van der Waals surface area contributed by atoms with E-state index in [1.54, 1.807) is 6.92 Å². The van der Waals surface area contributed by atoms with E-state index in [9.17, 15) is 4.79 Å². The second-order valence-electron chi connectivity index (χ2n) is 5.70. The summed E-state index contributed by atoms with van der Waals surface area (Å²) >= 11 is 0. The molecule has 3 heteroatoms. The molecule has 0 aliphatic rings. The van der Waals surface area contributed by atoms with Crippen LogP contribution in [0.5, 0.6) is 0 Å². The van der Waals surface area contributed by atoms with Crippen molar-refractivity contribution < 1.29 is 14.6 Å². The molecule has 0 saturated carbocycles. The maximum absolute atomic E-state index is 9.63. The fourth-order valence-electron chi connectivity index (χ4n) is 2.70. The summed E-state index contributed by atoms with van der Waals surface area (Å²) < 4.78 is 4.50. The zero-order valence-electron chi connectivity index (χ0n) is 14.9. The lowest BCUT2D eigenvalue weighted by Crippen LogP contribution is -2.05. The lowest BCUT2D eigenvalue weighted by Gasteiger charge is -2.18. The highest BCUT2D eigenvalue weighted by molar-refractivity contribution is 5.67. The van der Waals surface area contributed by atoms with Gasteiger partial charge in [0.2, 0.25) is 0 Å². The van der Waals surface area contributed by atoms with Crippen molar-refractivity contribution in [1.29, 1.82) is 0 Å². The van der Waals surface area contributed by atoms with Gasteiger partial charge in [0.05, 0.1) is 0 Å². The first-order chi connectivity index (χ1) is 12.7. The summed E-state index contributed by atoms with van der Waals surface area (Å²) in [6.45, 7) is 2.03. The number of aliphatic carboxylic acids is 1. The van der Waals surface area contributed by atoms with Crippen molar-refractivity contribution in [2.75, 3.05) is 13.2 Å². The van der Waals surface area contributed by atoms with Gasteiger partial charge in [-0.05, 0) is 23.6 Å². The third kappa shape index (κ3) is 6.19. The van der Waals surface area contributed by atoms with Crippen molar-refractivity contribution in [3.05, 3.63) is 108 Å². The number of carboxylic acid groups (broad SMARTS) is 1. The summed E-state index contributed by atoms with van der Waals surface area (Å²) in [6.07, 6.45) is 0. The van der Waals surface area contributed by atoms with E-state index in [0.717, 1.165) is 0 Å². The Morgan fingerprint density at radius 2 is 1.12 bits per heavy atom. The van der Waals surface area contributed by atoms with E-state index in [4.69, 9.17) is 5.11 Å². The molecule has 3 rings (SSSR count). The van der Waals surface area contributed by atoms with Gasteiger partial charge in [0, 0.05) is 12.5 Å². The van der Waals surface area contributed by atoms with Crippen LogP contribution in [-0.4, -0.2) is 24.3 Å². The van der Waals surface area contributed by atoms with Crippen molar-refractivity contribution in [1.82, 2.24) is 0 Å². The summed E-state index contributed by atoms with van der Waals surface area (Å²) in [6, 6.07) is 32.0. The second-order valence-corrected chi connectivity index (χ2v) is 5.70. The summed E-state index contributed by atoms with van der Waals surface area (Å²) in [4.78, 5) is 9.63. The van der Waals surface area contributed by atoms with Crippen LogP contribution < -0.4 is 0 Å². The first-order valence-electron chi connectivity index (χ1n) is 8.66. The number of ether oxygens (including phenoxy) is 1. The van der Waals surface area contributed by atoms with Crippen LogP contribution in [0.2, 0.25) is 0 Å². The average Bonchev–Trinajstić information content (AvgIpc) is 2.70. The Bertz CT molecular complexity index is 661. The Morgan fingerprint density at radius 1 is 0.769 bits per heavy atom. The minimum absolute atomic E-state index is 0.184. The molecule has 0 aliphatic carbocycles. The van der Waals surface area contributed by atoms with Crippen molar-refractivity contribution in [2.45, 2.75) is 12.8 Å². The predicted octanol–water partition coefficient (Wildman–Crippen LogP) is 4.97. The largest absolute Gasteiger partial charge is 0.480 e. The Morgan fingerprint density at radius 3 is 1.35 bits per heavy atom. The Kier molecular flexibility index (Phi) is 8.10. The van der Waals surface area contributed by atoms with Crippen LogP contribution in [0.1, 0.15) is 29.5 Å². The van der Waals surface area contributed by atoms with Crippen molar-refractivity contribution in [3.8, 4) is 0 Å². The molecular weight excluding hydrogens is 324 g/mol. The van der Waals surface area contributed by atoms with Gasteiger partial charge in [-0.2, -0.15) is 0 Å². The Labute approximate surface area is 154 Å². The van der Waals surface area contributed by atoms with E-state index in [-0.39, 0.29) is 6.61 Å². The molecule has 0 heterocycles. The molecule has 0 saturated heterocycles. The van der Waals surface area contributed by atoms with Gasteiger partial charge >= 0.3 is 5.97 Å². The third-order valence-corrected chi connectivity index (χ3v) is 3.83. The minimum Gasteiger partial charge on any atom is -0.480 e. The van der Waals surface area contributed by atoms with Crippen molar-refractivity contribution >= 4 is 5.97 Å². The smallest absolute Gasteiger partial charge is 0.329 e. The molecule has 1 N–H and O–H groups in total. The van der Waals surface area contributed by atoms with E-state index in [1.165, 1.54) is 16.7 Å². The third-order valence-electron chi connectivity index (χ3n) is 3.83. The number of rotatable bonds is 6. The van der Waals surface area contributed by atoms with Crippen LogP contribution in [0.15, 0.2) is 91.0 Å². The van der Waals surface area contributed by atoms with E-state index < -0.39 is 5.97 Å². The van der Waals surface area contributed by atoms with Crippen LogP contribution in [0.25, 0.3) is 0 Å². The normalized spacial score (nSPS) is 10.1. The molecule has 0 unspecified atom stereocenters. The molecule has 0 radical (unpaired) electrons. The molecule has 0 aliphatic heterocycles. The fraction of sp³-hybridized carbons (Fsp3) is 0.174. The van der Waals surface area contributed by atoms with Gasteiger partial charge in [-0.3, -0.25) is 0 Å². The van der Waals surface area contributed by atoms with E-state index in [0.29, 0.717) is 12.5 Å². The maximum atomic E-state index is 9.63. The Hall–Kier alpha value is -2.91. The van der Waals surface area contributed by atoms with Gasteiger partial charge in [0.25, 0.3) is 0 Å². The first kappa shape index (κ1) is 19.4. The topological polar surface area (TPSA) is 46.5 Å². The zero-order valence-corrected chi connectivity index (χ0v) is 14.9. The number of benzene rings is 3. The van der Waals surface area contributed by atoms with Crippen LogP contribution in [0, 0.1) is 0 Å². The molecule has 0 fully saturated rings. The van der Waals surface area contributed by atoms with Gasteiger partial charge in [-0.15, -0.1) is 0 Å². The summed E-state index contributed by atoms with van der Waals surface area (Å²) in [5, 5.41) is 7.92. The molecule has 3 nitrogen and oxygen atoms in total. The van der Waals surface area contributed by atoms with Crippen LogP contribution in [0.3, 0.4) is 0 Å². The molecule has 0 aromatic heterocycles. The predicted molar refractivity (Wildman–Crippen MR) is 104 cm³/mol. The average molecular weight is 348 g/mol. The Balaban J connectivity index is 0.000000298. The van der Waals surface area contributed by atoms with Gasteiger partial charge in [-0.25, -0.2) is 4.79 Å². The van der Waals surface area contributed by atoms with Crippen LogP contribution in [0.4, 0.5) is 0 Å². The minimum atomic E-state index is -0.915. The fourth-order valence-corrected chi connectivity index (χ4v) is 2.70. The van der Waals surface area contributed by atoms with Gasteiger partial charge in [0.1, 0.15) is 6.61 Å². The number of hydrogen-bond acceptors (Lipinski definition) is 2. The second kappa shape index (κ2) is 10.9. The lowest BCUT2D eigenvalue weighted by atomic mass is 9.85. The van der Waals surface area contributed by atoms with Gasteiger partial charge in [0.15, 0.2) is 0 Å². The van der Waals surface area contributed by atoms with Crippen molar-refractivity contribution in [3.63, 3.8) is 0 Å². The molecule has 0 amide bonds. The van der Waals surface area contributed by atoms with Crippen LogP contribution in [-0.2, 0) is 9.53 Å². The number of carboxylic acids is 1. The maximum Gasteiger partial charge on any atom is 0.329 e. The molecule has 0 spiro atoms. The zero-order chi connectivity index (χ0) is 18.6. The summed E-state index contributed by atoms with van der Waals surface area (Å²) in [7, 11) is 0. The summed E-state index contributed by atoms with van der Waals surface area (Å²) in [5.41, 5.74) is 4.00. The molecule has 3 aromatic rings.